The van der Waals surface area contributed by atoms with E-state index in [4.69, 9.17) is 0 Å². The van der Waals surface area contributed by atoms with Crippen molar-refractivity contribution in [3.63, 3.8) is 0 Å². The van der Waals surface area contributed by atoms with Crippen LogP contribution in [0.5, 0.6) is 0 Å². The van der Waals surface area contributed by atoms with Crippen LogP contribution in [0.1, 0.15) is 22.3 Å². The summed E-state index contributed by atoms with van der Waals surface area (Å²) in [5.41, 5.74) is 22.4. The standard InChI is InChI=1S/C60H40N2/c1-3-14-41(15-4-1)43-25-30-47(31-26-43)62(48-32-27-44(28-33-48)42-16-5-2-6-17-42)49-34-36-58-55(39-49)53-22-10-12-24-57(53)60(58)56-23-11-9-21-52(56)50-19-7-8-20-51(50)54-35-29-45(38-59(54)60)46-18-13-37-61-40-46/h1-40H. The zero-order valence-electron chi connectivity index (χ0n) is 34.0. The van der Waals surface area contributed by atoms with Gasteiger partial charge < -0.3 is 4.90 Å². The van der Waals surface area contributed by atoms with Gasteiger partial charge >= 0.3 is 0 Å². The van der Waals surface area contributed by atoms with E-state index in [1.807, 2.05) is 18.5 Å². The van der Waals surface area contributed by atoms with E-state index in [-0.39, 0.29) is 0 Å². The molecule has 1 spiro atoms. The largest absolute Gasteiger partial charge is 0.310 e. The molecule has 1 atom stereocenters. The van der Waals surface area contributed by atoms with Crippen LogP contribution in [0.3, 0.4) is 0 Å². The fourth-order valence-electron chi connectivity index (χ4n) is 10.3. The SMILES string of the molecule is c1ccc(-c2ccc(N(c3ccc(-c4ccccc4)cc3)c3ccc4c(c3)-c3ccccc3C43c4ccccc4-c4ccccc4-c4ccc(-c5cccnc5)cc43)cc2)cc1. The number of hydrogen-bond donors (Lipinski definition) is 0. The summed E-state index contributed by atoms with van der Waals surface area (Å²) < 4.78 is 0. The maximum absolute atomic E-state index is 4.54. The second-order valence-corrected chi connectivity index (χ2v) is 16.3. The predicted octanol–water partition coefficient (Wildman–Crippen LogP) is 15.6. The molecule has 0 saturated heterocycles. The molecule has 1 heterocycles. The topological polar surface area (TPSA) is 16.1 Å². The highest BCUT2D eigenvalue weighted by molar-refractivity contribution is 5.99. The summed E-state index contributed by atoms with van der Waals surface area (Å²) in [6.07, 6.45) is 3.82. The van der Waals surface area contributed by atoms with Crippen LogP contribution in [0.15, 0.2) is 243 Å². The molecule has 0 radical (unpaired) electrons. The summed E-state index contributed by atoms with van der Waals surface area (Å²) in [5.74, 6) is 0. The Morgan fingerprint density at radius 3 is 1.27 bits per heavy atom. The van der Waals surface area contributed by atoms with Gasteiger partial charge in [-0.1, -0.05) is 182 Å². The van der Waals surface area contributed by atoms with Gasteiger partial charge in [-0.05, 0) is 138 Å². The summed E-state index contributed by atoms with van der Waals surface area (Å²) in [6.45, 7) is 0. The first-order valence-electron chi connectivity index (χ1n) is 21.4. The Morgan fingerprint density at radius 1 is 0.274 bits per heavy atom. The summed E-state index contributed by atoms with van der Waals surface area (Å²) in [7, 11) is 0. The van der Waals surface area contributed by atoms with Gasteiger partial charge in [0.25, 0.3) is 0 Å². The van der Waals surface area contributed by atoms with E-state index in [1.165, 1.54) is 77.9 Å². The number of fused-ring (bicyclic) bond motifs is 12. The molecule has 2 aliphatic rings. The first-order chi connectivity index (χ1) is 30.8. The molecular weight excluding hydrogens is 749 g/mol. The lowest BCUT2D eigenvalue weighted by atomic mass is 9.65. The minimum Gasteiger partial charge on any atom is -0.310 e. The minimum absolute atomic E-state index is 0.604. The fraction of sp³-hybridized carbons (Fsp3) is 0.0167. The van der Waals surface area contributed by atoms with E-state index in [0.29, 0.717) is 0 Å². The average molecular weight is 789 g/mol. The average Bonchev–Trinajstić information content (AvgIpc) is 3.59. The predicted molar refractivity (Wildman–Crippen MR) is 257 cm³/mol. The number of pyridine rings is 1. The molecule has 10 aromatic rings. The summed E-state index contributed by atoms with van der Waals surface area (Å²) in [6, 6.07) is 84.8. The summed E-state index contributed by atoms with van der Waals surface area (Å²) in [5, 5.41) is 0. The van der Waals surface area contributed by atoms with Gasteiger partial charge in [-0.3, -0.25) is 4.98 Å². The van der Waals surface area contributed by atoms with Gasteiger partial charge in [-0.2, -0.15) is 0 Å². The maximum atomic E-state index is 4.54. The first kappa shape index (κ1) is 35.8. The molecular formula is C60H40N2. The van der Waals surface area contributed by atoms with E-state index < -0.39 is 5.41 Å². The monoisotopic (exact) mass is 788 g/mol. The van der Waals surface area contributed by atoms with Crippen molar-refractivity contribution in [3.8, 4) is 66.8 Å². The molecule has 2 aliphatic carbocycles. The number of rotatable bonds is 6. The molecule has 9 aromatic carbocycles. The number of hydrogen-bond acceptors (Lipinski definition) is 2. The molecule has 62 heavy (non-hydrogen) atoms. The molecule has 0 aliphatic heterocycles. The molecule has 0 bridgehead atoms. The van der Waals surface area contributed by atoms with E-state index in [2.05, 4.69) is 234 Å². The first-order valence-corrected chi connectivity index (χ1v) is 21.4. The number of benzene rings is 9. The lowest BCUT2D eigenvalue weighted by Crippen LogP contribution is -2.29. The van der Waals surface area contributed by atoms with Crippen LogP contribution in [-0.2, 0) is 5.41 Å². The van der Waals surface area contributed by atoms with E-state index >= 15 is 0 Å². The van der Waals surface area contributed by atoms with Crippen molar-refractivity contribution in [1.29, 1.82) is 0 Å². The van der Waals surface area contributed by atoms with Crippen LogP contribution in [0.2, 0.25) is 0 Å². The number of anilines is 3. The van der Waals surface area contributed by atoms with Crippen molar-refractivity contribution in [2.75, 3.05) is 4.90 Å². The molecule has 12 rings (SSSR count). The molecule has 0 fully saturated rings. The van der Waals surface area contributed by atoms with E-state index in [9.17, 15) is 0 Å². The van der Waals surface area contributed by atoms with Crippen molar-refractivity contribution in [3.05, 3.63) is 265 Å². The highest BCUT2D eigenvalue weighted by Gasteiger charge is 2.50. The molecule has 0 N–H and O–H groups in total. The molecule has 1 aromatic heterocycles. The highest BCUT2D eigenvalue weighted by Crippen LogP contribution is 2.62. The second-order valence-electron chi connectivity index (χ2n) is 16.3. The van der Waals surface area contributed by atoms with E-state index in [1.54, 1.807) is 0 Å². The van der Waals surface area contributed by atoms with Crippen molar-refractivity contribution in [2.24, 2.45) is 0 Å². The Balaban J connectivity index is 1.10. The van der Waals surface area contributed by atoms with Gasteiger partial charge in [0.2, 0.25) is 0 Å². The van der Waals surface area contributed by atoms with Crippen LogP contribution in [0, 0.1) is 0 Å². The molecule has 2 nitrogen and oxygen atoms in total. The van der Waals surface area contributed by atoms with Crippen molar-refractivity contribution in [1.82, 2.24) is 4.98 Å². The number of aromatic nitrogens is 1. The van der Waals surface area contributed by atoms with Crippen molar-refractivity contribution in [2.45, 2.75) is 5.41 Å². The lowest BCUT2D eigenvalue weighted by Gasteiger charge is -2.36. The molecule has 290 valence electrons. The van der Waals surface area contributed by atoms with Gasteiger partial charge in [-0.25, -0.2) is 0 Å². The number of nitrogens with zero attached hydrogens (tertiary/aromatic N) is 2. The molecule has 0 amide bonds. The van der Waals surface area contributed by atoms with Gasteiger partial charge in [0.15, 0.2) is 0 Å². The second kappa shape index (κ2) is 14.6. The highest BCUT2D eigenvalue weighted by atomic mass is 15.1. The third-order valence-corrected chi connectivity index (χ3v) is 13.0. The zero-order valence-corrected chi connectivity index (χ0v) is 34.0. The quantitative estimate of drug-likeness (QED) is 0.167. The van der Waals surface area contributed by atoms with Crippen LogP contribution >= 0.6 is 0 Å². The lowest BCUT2D eigenvalue weighted by molar-refractivity contribution is 0.775. The Kier molecular flexibility index (Phi) is 8.43. The minimum atomic E-state index is -0.604. The van der Waals surface area contributed by atoms with E-state index in [0.717, 1.165) is 28.2 Å². The van der Waals surface area contributed by atoms with Crippen LogP contribution in [0.25, 0.3) is 66.8 Å². The molecule has 1 unspecified atom stereocenters. The van der Waals surface area contributed by atoms with Gasteiger partial charge in [0.05, 0.1) is 5.41 Å². The zero-order chi connectivity index (χ0) is 41.0. The van der Waals surface area contributed by atoms with Gasteiger partial charge in [0.1, 0.15) is 0 Å². The third-order valence-electron chi connectivity index (χ3n) is 13.0. The van der Waals surface area contributed by atoms with Crippen molar-refractivity contribution < 1.29 is 0 Å². The van der Waals surface area contributed by atoms with Crippen LogP contribution in [0.4, 0.5) is 17.1 Å². The summed E-state index contributed by atoms with van der Waals surface area (Å²) >= 11 is 0. The Bertz CT molecular complexity index is 3180. The Labute approximate surface area is 362 Å². The third kappa shape index (κ3) is 5.61. The normalized spacial score (nSPS) is 14.2. The Morgan fingerprint density at radius 2 is 0.710 bits per heavy atom. The van der Waals surface area contributed by atoms with Crippen LogP contribution in [-0.4, -0.2) is 4.98 Å². The summed E-state index contributed by atoms with van der Waals surface area (Å²) in [4.78, 5) is 6.94. The van der Waals surface area contributed by atoms with Gasteiger partial charge in [-0.15, -0.1) is 0 Å². The maximum Gasteiger partial charge on any atom is 0.0725 e. The fourth-order valence-corrected chi connectivity index (χ4v) is 10.3. The Hall–Kier alpha value is -8.07. The smallest absolute Gasteiger partial charge is 0.0725 e. The van der Waals surface area contributed by atoms with Crippen molar-refractivity contribution >= 4 is 17.1 Å². The molecule has 2 heteroatoms. The molecule has 0 saturated carbocycles. The van der Waals surface area contributed by atoms with Gasteiger partial charge in [0, 0.05) is 29.5 Å². The van der Waals surface area contributed by atoms with Crippen LogP contribution < -0.4 is 4.90 Å².